The van der Waals surface area contributed by atoms with Crippen molar-refractivity contribution in [2.24, 2.45) is 0 Å². The summed E-state index contributed by atoms with van der Waals surface area (Å²) in [6, 6.07) is 15.4. The number of para-hydroxylation sites is 2. The molecule has 3 aromatic rings. The second kappa shape index (κ2) is 7.11. The molecule has 1 aromatic heterocycles. The van der Waals surface area contributed by atoms with Crippen LogP contribution in [0.25, 0.3) is 0 Å². The highest BCUT2D eigenvalue weighted by molar-refractivity contribution is 6.30. The summed E-state index contributed by atoms with van der Waals surface area (Å²) in [4.78, 5) is 0. The minimum absolute atomic E-state index is 0.325. The Morgan fingerprint density at radius 3 is 2.61 bits per heavy atom. The summed E-state index contributed by atoms with van der Waals surface area (Å²) in [6.07, 6.45) is 1.06. The van der Waals surface area contributed by atoms with Crippen molar-refractivity contribution in [3.05, 3.63) is 70.9 Å². The third kappa shape index (κ3) is 3.02. The Bertz CT molecular complexity index is 984. The van der Waals surface area contributed by atoms with Gasteiger partial charge in [0.05, 0.1) is 5.41 Å². The molecule has 1 saturated heterocycles. The molecule has 0 saturated carbocycles. The van der Waals surface area contributed by atoms with Crippen LogP contribution in [0.3, 0.4) is 0 Å². The lowest BCUT2D eigenvalue weighted by Crippen LogP contribution is -2.35. The molecule has 6 nitrogen and oxygen atoms in total. The largest absolute Gasteiger partial charge is 0.485 e. The van der Waals surface area contributed by atoms with Crippen molar-refractivity contribution in [1.29, 1.82) is 0 Å². The minimum atomic E-state index is -0.438. The van der Waals surface area contributed by atoms with Crippen LogP contribution < -0.4 is 9.47 Å². The highest BCUT2D eigenvalue weighted by atomic mass is 35.5. The zero-order valence-electron chi connectivity index (χ0n) is 15.1. The molecule has 0 radical (unpaired) electrons. The Morgan fingerprint density at radius 2 is 1.79 bits per heavy atom. The average Bonchev–Trinajstić information content (AvgIpc) is 3.25. The van der Waals surface area contributed by atoms with Crippen LogP contribution in [-0.4, -0.2) is 30.0 Å². The van der Waals surface area contributed by atoms with Gasteiger partial charge in [-0.15, -0.1) is 10.2 Å². The molecule has 5 rings (SSSR count). The van der Waals surface area contributed by atoms with E-state index >= 15 is 0 Å². The van der Waals surface area contributed by atoms with Crippen LogP contribution in [0.2, 0.25) is 5.02 Å². The first-order valence-corrected chi connectivity index (χ1v) is 9.69. The number of hydrogen-bond donors (Lipinski definition) is 0. The van der Waals surface area contributed by atoms with Crippen LogP contribution in [0.15, 0.2) is 52.9 Å². The second-order valence-corrected chi connectivity index (χ2v) is 7.45. The number of ether oxygens (including phenoxy) is 3. The Labute approximate surface area is 167 Å². The van der Waals surface area contributed by atoms with Crippen molar-refractivity contribution in [2.75, 3.05) is 19.8 Å². The van der Waals surface area contributed by atoms with Gasteiger partial charge in [-0.05, 0) is 42.7 Å². The summed E-state index contributed by atoms with van der Waals surface area (Å²) in [7, 11) is 0. The van der Waals surface area contributed by atoms with Gasteiger partial charge in [-0.25, -0.2) is 0 Å². The van der Waals surface area contributed by atoms with E-state index in [1.807, 2.05) is 42.5 Å². The van der Waals surface area contributed by atoms with E-state index in [2.05, 4.69) is 16.3 Å². The highest BCUT2D eigenvalue weighted by Gasteiger charge is 2.42. The Morgan fingerprint density at radius 1 is 0.964 bits per heavy atom. The number of nitrogens with zero attached hydrogens (tertiary/aromatic N) is 2. The van der Waals surface area contributed by atoms with Gasteiger partial charge in [0.2, 0.25) is 12.0 Å². The first-order valence-electron chi connectivity index (χ1n) is 9.31. The predicted molar refractivity (Wildman–Crippen MR) is 102 cm³/mol. The number of hydrogen-bond acceptors (Lipinski definition) is 6. The molecule has 28 heavy (non-hydrogen) atoms. The molecule has 2 aliphatic heterocycles. The monoisotopic (exact) mass is 398 g/mol. The van der Waals surface area contributed by atoms with Crippen molar-refractivity contribution in [3.63, 3.8) is 0 Å². The standard InChI is InChI=1S/C21H19ClN2O4/c22-15-5-3-4-14(12-15)21(8-10-25-11-9-21)20-24-23-19(28-20)18-13-26-16-6-1-2-7-17(16)27-18/h1-7,12,18H,8-11,13H2. The van der Waals surface area contributed by atoms with E-state index in [9.17, 15) is 0 Å². The lowest BCUT2D eigenvalue weighted by atomic mass is 9.74. The maximum atomic E-state index is 6.25. The summed E-state index contributed by atoms with van der Waals surface area (Å²) in [5, 5.41) is 9.37. The molecule has 1 unspecified atom stereocenters. The van der Waals surface area contributed by atoms with Crippen molar-refractivity contribution < 1.29 is 18.6 Å². The van der Waals surface area contributed by atoms with Crippen LogP contribution >= 0.6 is 11.6 Å². The molecule has 1 fully saturated rings. The van der Waals surface area contributed by atoms with Crippen LogP contribution in [-0.2, 0) is 10.2 Å². The SMILES string of the molecule is Clc1cccc(C2(c3nnc(C4COc5ccccc5O4)o3)CCOCC2)c1. The zero-order chi connectivity index (χ0) is 19.0. The quantitative estimate of drug-likeness (QED) is 0.654. The lowest BCUT2D eigenvalue weighted by molar-refractivity contribution is 0.0481. The number of benzene rings is 2. The van der Waals surface area contributed by atoms with Gasteiger partial charge >= 0.3 is 0 Å². The van der Waals surface area contributed by atoms with Gasteiger partial charge in [-0.3, -0.25) is 0 Å². The van der Waals surface area contributed by atoms with E-state index in [-0.39, 0.29) is 0 Å². The average molecular weight is 399 g/mol. The lowest BCUT2D eigenvalue weighted by Gasteiger charge is -2.34. The van der Waals surface area contributed by atoms with Gasteiger partial charge in [-0.2, -0.15) is 0 Å². The summed E-state index contributed by atoms with van der Waals surface area (Å²) >= 11 is 6.25. The molecule has 1 atom stereocenters. The number of fused-ring (bicyclic) bond motifs is 1. The van der Waals surface area contributed by atoms with Gasteiger partial charge in [0, 0.05) is 18.2 Å². The van der Waals surface area contributed by atoms with E-state index in [0.29, 0.717) is 42.4 Å². The third-order valence-corrected chi connectivity index (χ3v) is 5.59. The van der Waals surface area contributed by atoms with Crippen LogP contribution in [0.1, 0.15) is 36.3 Å². The van der Waals surface area contributed by atoms with E-state index in [0.717, 1.165) is 24.2 Å². The van der Waals surface area contributed by atoms with Crippen LogP contribution in [0, 0.1) is 0 Å². The Balaban J connectivity index is 1.48. The molecule has 0 aliphatic carbocycles. The molecular weight excluding hydrogens is 380 g/mol. The number of aromatic nitrogens is 2. The topological polar surface area (TPSA) is 66.6 Å². The van der Waals surface area contributed by atoms with Crippen LogP contribution in [0.4, 0.5) is 0 Å². The van der Waals surface area contributed by atoms with Crippen molar-refractivity contribution in [2.45, 2.75) is 24.4 Å². The minimum Gasteiger partial charge on any atom is -0.485 e. The number of rotatable bonds is 3. The molecule has 7 heteroatoms. The van der Waals surface area contributed by atoms with Gasteiger partial charge in [0.1, 0.15) is 6.61 Å². The van der Waals surface area contributed by atoms with Gasteiger partial charge in [0.25, 0.3) is 5.89 Å². The maximum Gasteiger partial charge on any atom is 0.260 e. The summed E-state index contributed by atoms with van der Waals surface area (Å²) < 4.78 is 23.5. The van der Waals surface area contributed by atoms with E-state index < -0.39 is 11.5 Å². The maximum absolute atomic E-state index is 6.25. The first-order chi connectivity index (χ1) is 13.7. The predicted octanol–water partition coefficient (Wildman–Crippen LogP) is 4.33. The van der Waals surface area contributed by atoms with E-state index in [1.165, 1.54) is 0 Å². The molecular formula is C21H19ClN2O4. The summed E-state index contributed by atoms with van der Waals surface area (Å²) in [6.45, 7) is 1.58. The molecule has 144 valence electrons. The first kappa shape index (κ1) is 17.5. The van der Waals surface area contributed by atoms with E-state index in [4.69, 9.17) is 30.2 Å². The molecule has 2 aromatic carbocycles. The van der Waals surface area contributed by atoms with Crippen molar-refractivity contribution in [1.82, 2.24) is 10.2 Å². The number of halogens is 1. The van der Waals surface area contributed by atoms with E-state index in [1.54, 1.807) is 0 Å². The normalized spacial score (nSPS) is 20.7. The Hall–Kier alpha value is -2.57. The van der Waals surface area contributed by atoms with Gasteiger partial charge in [0.15, 0.2) is 11.5 Å². The Kier molecular flexibility index (Phi) is 4.45. The van der Waals surface area contributed by atoms with Crippen molar-refractivity contribution >= 4 is 11.6 Å². The van der Waals surface area contributed by atoms with Crippen molar-refractivity contribution in [3.8, 4) is 11.5 Å². The summed E-state index contributed by atoms with van der Waals surface area (Å²) in [5.74, 6) is 2.38. The molecule has 0 spiro atoms. The smallest absolute Gasteiger partial charge is 0.260 e. The fourth-order valence-electron chi connectivity index (χ4n) is 3.83. The highest BCUT2D eigenvalue weighted by Crippen LogP contribution is 2.42. The molecule has 2 aliphatic rings. The fourth-order valence-corrected chi connectivity index (χ4v) is 4.02. The van der Waals surface area contributed by atoms with Crippen LogP contribution in [0.5, 0.6) is 11.5 Å². The fraction of sp³-hybridized carbons (Fsp3) is 0.333. The van der Waals surface area contributed by atoms with Gasteiger partial charge in [-0.1, -0.05) is 35.9 Å². The third-order valence-electron chi connectivity index (χ3n) is 5.36. The second-order valence-electron chi connectivity index (χ2n) is 7.01. The molecule has 0 bridgehead atoms. The summed E-state index contributed by atoms with van der Waals surface area (Å²) in [5.41, 5.74) is 0.645. The molecule has 0 N–H and O–H groups in total. The molecule has 0 amide bonds. The molecule has 3 heterocycles. The van der Waals surface area contributed by atoms with Gasteiger partial charge < -0.3 is 18.6 Å². The zero-order valence-corrected chi connectivity index (χ0v) is 15.9.